The van der Waals surface area contributed by atoms with E-state index < -0.39 is 75.7 Å². The molecule has 2 aromatic carbocycles. The van der Waals surface area contributed by atoms with Crippen LogP contribution in [0.15, 0.2) is 42.5 Å². The molecule has 3 aliphatic rings. The quantitative estimate of drug-likeness (QED) is 0.639. The molecule has 2 aromatic rings. The van der Waals surface area contributed by atoms with Crippen molar-refractivity contribution in [3.05, 3.63) is 64.7 Å². The van der Waals surface area contributed by atoms with Gasteiger partial charge in [-0.25, -0.2) is 0 Å². The summed E-state index contributed by atoms with van der Waals surface area (Å²) in [5.74, 6) is -3.93. The van der Waals surface area contributed by atoms with Crippen molar-refractivity contribution in [3.8, 4) is 0 Å². The van der Waals surface area contributed by atoms with Crippen molar-refractivity contribution >= 4 is 23.4 Å². The minimum absolute atomic E-state index is 0.0433. The number of rotatable bonds is 6. The van der Waals surface area contributed by atoms with E-state index in [-0.39, 0.29) is 12.1 Å². The van der Waals surface area contributed by atoms with Gasteiger partial charge in [0.05, 0.1) is 20.0 Å². The Morgan fingerprint density at radius 2 is 1.85 bits per heavy atom. The van der Waals surface area contributed by atoms with Crippen LogP contribution in [0.4, 0.5) is 5.69 Å². The van der Waals surface area contributed by atoms with E-state index in [9.17, 15) is 14.4 Å². The van der Waals surface area contributed by atoms with E-state index >= 15 is 0 Å². The van der Waals surface area contributed by atoms with Gasteiger partial charge in [-0.2, -0.15) is 0 Å². The van der Waals surface area contributed by atoms with Crippen LogP contribution in [0, 0.1) is 0 Å². The van der Waals surface area contributed by atoms with Crippen LogP contribution in [0.1, 0.15) is 57.6 Å². The maximum absolute atomic E-state index is 13.3. The average Bonchev–Trinajstić information content (AvgIpc) is 3.29. The smallest absolute Gasteiger partial charge is 0.255 e. The zero-order valence-electron chi connectivity index (χ0n) is 30.2. The normalized spacial score (nSPS) is 38.4. The van der Waals surface area contributed by atoms with Crippen LogP contribution in [-0.4, -0.2) is 59.7 Å². The third kappa shape index (κ3) is 4.62. The Balaban J connectivity index is 1.34. The highest BCUT2D eigenvalue weighted by Crippen LogP contribution is 2.32. The van der Waals surface area contributed by atoms with Crippen molar-refractivity contribution in [2.24, 2.45) is 0 Å². The summed E-state index contributed by atoms with van der Waals surface area (Å²) in [7, 11) is 0. The Kier molecular flexibility index (Phi) is 3.18. The highest BCUT2D eigenvalue weighted by atomic mass is 16.5. The Hall–Kier alpha value is -3.23. The Morgan fingerprint density at radius 3 is 2.64 bits per heavy atom. The summed E-state index contributed by atoms with van der Waals surface area (Å²) in [4.78, 5) is 39.2. The number of benzene rings is 2. The van der Waals surface area contributed by atoms with Crippen molar-refractivity contribution < 1.29 is 36.9 Å². The number of hydrogen-bond acceptors (Lipinski definition) is 6. The first-order valence-corrected chi connectivity index (χ1v) is 10.0. The fraction of sp³-hybridized carbons (Fsp3) is 0.400. The topological polar surface area (TPSA) is 91.0 Å². The number of hydrogen-bond donors (Lipinski definition) is 2. The molecule has 3 amide bonds. The molecule has 33 heavy (non-hydrogen) atoms. The molecule has 2 fully saturated rings. The van der Waals surface area contributed by atoms with Gasteiger partial charge in [-0.15, -0.1) is 0 Å². The monoisotopic (exact) mass is 461 g/mol. The Bertz CT molecular complexity index is 1590. The lowest BCUT2D eigenvalue weighted by Crippen LogP contribution is -2.52. The van der Waals surface area contributed by atoms with Crippen molar-refractivity contribution in [2.75, 3.05) is 31.4 Å². The Labute approximate surface area is 211 Å². The zero-order valence-corrected chi connectivity index (χ0v) is 17.2. The molecular formula is C25H28N4O4. The third-order valence-corrected chi connectivity index (χ3v) is 5.28. The van der Waals surface area contributed by atoms with Gasteiger partial charge in [-0.05, 0) is 29.6 Å². The third-order valence-electron chi connectivity index (χ3n) is 5.28. The predicted octanol–water partition coefficient (Wildman–Crippen LogP) is 1.89. The summed E-state index contributed by atoms with van der Waals surface area (Å²) < 4.78 is 110. The molecule has 172 valence electrons. The van der Waals surface area contributed by atoms with E-state index in [2.05, 4.69) is 10.1 Å². The van der Waals surface area contributed by atoms with Gasteiger partial charge in [0.2, 0.25) is 11.8 Å². The van der Waals surface area contributed by atoms with Crippen LogP contribution in [-0.2, 0) is 34.0 Å². The van der Waals surface area contributed by atoms with Gasteiger partial charge < -0.3 is 15.0 Å². The van der Waals surface area contributed by atoms with Crippen molar-refractivity contribution in [1.29, 1.82) is 0 Å². The maximum atomic E-state index is 13.3. The second kappa shape index (κ2) is 9.33. The highest BCUT2D eigenvalue weighted by Gasteiger charge is 2.39. The molecule has 0 aromatic heterocycles. The van der Waals surface area contributed by atoms with Crippen LogP contribution >= 0.6 is 0 Å². The lowest BCUT2D eigenvalue weighted by atomic mass is 10.0. The van der Waals surface area contributed by atoms with Crippen LogP contribution < -0.4 is 10.6 Å². The first kappa shape index (κ1) is 11.3. The standard InChI is InChI=1S/C25H28N4O4/c30-23-9-8-22(24(31)27-23)29-16-20-19(25(29)32)2-1-3-21(20)26-14-17-4-6-18(7-5-17)15-28-10-12-33-13-11-28/h1-7,22,26H,8-16H2,(H,27,30,31)/t22-/m1/s1/i8D2,9D2,10D2,11D2,12D2,13D2,22D. The van der Waals surface area contributed by atoms with Crippen LogP contribution in [0.3, 0.4) is 0 Å². The number of morpholine rings is 1. The van der Waals surface area contributed by atoms with E-state index in [0.717, 1.165) is 0 Å². The second-order valence-electron chi connectivity index (χ2n) is 7.39. The Morgan fingerprint density at radius 1 is 1.09 bits per heavy atom. The molecule has 0 spiro atoms. The molecule has 0 radical (unpaired) electrons. The molecule has 0 bridgehead atoms. The minimum Gasteiger partial charge on any atom is -0.381 e. The lowest BCUT2D eigenvalue weighted by Gasteiger charge is -2.29. The van der Waals surface area contributed by atoms with E-state index in [4.69, 9.17) is 17.8 Å². The van der Waals surface area contributed by atoms with Crippen LogP contribution in [0.2, 0.25) is 0 Å². The predicted molar refractivity (Wildman–Crippen MR) is 122 cm³/mol. The van der Waals surface area contributed by atoms with Crippen molar-refractivity contribution in [1.82, 2.24) is 15.1 Å². The molecule has 2 saturated heterocycles. The molecule has 5 rings (SSSR count). The van der Waals surface area contributed by atoms with Crippen molar-refractivity contribution in [3.63, 3.8) is 0 Å². The largest absolute Gasteiger partial charge is 0.381 e. The first-order valence-electron chi connectivity index (χ1n) is 16.5. The summed E-state index contributed by atoms with van der Waals surface area (Å²) in [5.41, 5.74) is 1.72. The van der Waals surface area contributed by atoms with E-state index in [0.29, 0.717) is 32.2 Å². The van der Waals surface area contributed by atoms with E-state index in [1.807, 2.05) is 0 Å². The molecule has 2 N–H and O–H groups in total. The van der Waals surface area contributed by atoms with Crippen molar-refractivity contribution in [2.45, 2.75) is 38.4 Å². The number of piperidine rings is 1. The number of carbonyl (C=O) groups excluding carboxylic acids is 3. The van der Waals surface area contributed by atoms with Crippen LogP contribution in [0.25, 0.3) is 0 Å². The molecule has 3 aliphatic heterocycles. The molecule has 8 heteroatoms. The number of amides is 3. The number of ether oxygens (including phenoxy) is 1. The maximum Gasteiger partial charge on any atom is 0.255 e. The number of nitrogens with zero attached hydrogens (tertiary/aromatic N) is 2. The SMILES string of the molecule is [2H]C1([2H])OC([2H])([2H])C([2H])([2H])N(Cc2ccc(CNc3cccc4c3CN([C@@]3([2H])C(=O)NC(=O)C([2H])([2H])C3([2H])[2H])C4=O)cc2)C1([2H])[2H]. The molecule has 1 atom stereocenters. The van der Waals surface area contributed by atoms with Gasteiger partial charge in [-0.1, -0.05) is 30.3 Å². The summed E-state index contributed by atoms with van der Waals surface area (Å²) in [6, 6.07) is 7.67. The number of anilines is 1. The highest BCUT2D eigenvalue weighted by molar-refractivity contribution is 6.06. The minimum atomic E-state index is -3.40. The lowest BCUT2D eigenvalue weighted by molar-refractivity contribution is -0.136. The van der Waals surface area contributed by atoms with Gasteiger partial charge in [0.15, 0.2) is 0 Å². The molecule has 0 unspecified atom stereocenters. The number of fused-ring (bicyclic) bond motifs is 1. The van der Waals surface area contributed by atoms with Gasteiger partial charge in [0.25, 0.3) is 5.91 Å². The molecule has 3 heterocycles. The molecule has 0 saturated carbocycles. The average molecular weight is 462 g/mol. The van der Waals surface area contributed by atoms with E-state index in [1.54, 1.807) is 23.5 Å². The molecular weight excluding hydrogens is 420 g/mol. The van der Waals surface area contributed by atoms with E-state index in [1.165, 1.54) is 24.3 Å². The summed E-state index contributed by atoms with van der Waals surface area (Å²) in [5, 5.41) is 4.78. The second-order valence-corrected chi connectivity index (χ2v) is 7.39. The van der Waals surface area contributed by atoms with Gasteiger partial charge >= 0.3 is 0 Å². The number of imide groups is 1. The summed E-state index contributed by atoms with van der Waals surface area (Å²) in [6.45, 7) is -13.2. The van der Waals surface area contributed by atoms with Gasteiger partial charge in [0.1, 0.15) is 6.02 Å². The fourth-order valence-electron chi connectivity index (χ4n) is 3.67. The molecule has 8 nitrogen and oxygen atoms in total. The fourth-order valence-corrected chi connectivity index (χ4v) is 3.67. The molecule has 0 aliphatic carbocycles. The van der Waals surface area contributed by atoms with Gasteiger partial charge in [0, 0.05) is 66.8 Å². The van der Waals surface area contributed by atoms with Gasteiger partial charge in [-0.3, -0.25) is 24.6 Å². The first-order chi connectivity index (χ1) is 20.9. The summed E-state index contributed by atoms with van der Waals surface area (Å²) >= 11 is 0. The zero-order chi connectivity index (χ0) is 34.5. The summed E-state index contributed by atoms with van der Waals surface area (Å²) in [6.07, 6.45) is -6.70. The number of carbonyl (C=O) groups is 3. The number of nitrogens with one attached hydrogen (secondary N) is 2. The van der Waals surface area contributed by atoms with Crippen LogP contribution in [0.5, 0.6) is 0 Å².